The van der Waals surface area contributed by atoms with Crippen LogP contribution >= 0.6 is 11.8 Å². The quantitative estimate of drug-likeness (QED) is 0.692. The summed E-state index contributed by atoms with van der Waals surface area (Å²) in [6.45, 7) is 0. The minimum atomic E-state index is -0.937. The predicted octanol–water partition coefficient (Wildman–Crippen LogP) is 0.455. The Hall–Kier alpha value is -1.01. The van der Waals surface area contributed by atoms with Crippen LogP contribution in [-0.2, 0) is 17.6 Å². The van der Waals surface area contributed by atoms with Crippen LogP contribution in [0.25, 0.3) is 0 Å². The van der Waals surface area contributed by atoms with Gasteiger partial charge in [-0.15, -0.1) is 0 Å². The Morgan fingerprint density at radius 3 is 3.07 bits per heavy atom. The molecule has 15 heavy (non-hydrogen) atoms. The van der Waals surface area contributed by atoms with Gasteiger partial charge in [-0.2, -0.15) is 16.9 Å². The molecule has 0 bridgehead atoms. The van der Waals surface area contributed by atoms with Gasteiger partial charge in [-0.3, -0.25) is 9.48 Å². The molecule has 3 N–H and O–H groups in total. The molecule has 0 amide bonds. The smallest absolute Gasteiger partial charge is 0.320 e. The monoisotopic (exact) mass is 229 g/mol. The van der Waals surface area contributed by atoms with Crippen LogP contribution in [0.1, 0.15) is 12.1 Å². The Morgan fingerprint density at radius 2 is 2.53 bits per heavy atom. The van der Waals surface area contributed by atoms with Crippen LogP contribution < -0.4 is 5.73 Å². The van der Waals surface area contributed by atoms with E-state index in [9.17, 15) is 4.79 Å². The summed E-state index contributed by atoms with van der Waals surface area (Å²) < 4.78 is 1.75. The molecule has 0 aliphatic rings. The largest absolute Gasteiger partial charge is 0.480 e. The molecule has 1 heterocycles. The van der Waals surface area contributed by atoms with Crippen LogP contribution in [0.5, 0.6) is 0 Å². The summed E-state index contributed by atoms with van der Waals surface area (Å²) in [7, 11) is 1.87. The zero-order valence-corrected chi connectivity index (χ0v) is 9.41. The summed E-state index contributed by atoms with van der Waals surface area (Å²) in [6.07, 6.45) is 2.38. The second-order valence-electron chi connectivity index (χ2n) is 3.27. The number of nitrogens with two attached hydrogens (primary N) is 1. The first-order chi connectivity index (χ1) is 7.09. The number of carbonyl (C=O) groups is 1. The Balaban J connectivity index is 2.14. The molecule has 1 aromatic heterocycles. The SMILES string of the molecule is Cn1ccc(CSCCC(N)C(=O)O)n1. The highest BCUT2D eigenvalue weighted by atomic mass is 32.2. The van der Waals surface area contributed by atoms with Gasteiger partial charge in [0.05, 0.1) is 5.69 Å². The fraction of sp³-hybridized carbons (Fsp3) is 0.556. The highest BCUT2D eigenvalue weighted by Crippen LogP contribution is 2.11. The first-order valence-electron chi connectivity index (χ1n) is 4.64. The third-order valence-electron chi connectivity index (χ3n) is 1.91. The summed E-state index contributed by atoms with van der Waals surface area (Å²) >= 11 is 1.65. The number of carboxylic acid groups (broad SMARTS) is 1. The van der Waals surface area contributed by atoms with Gasteiger partial charge in [0, 0.05) is 19.0 Å². The maximum absolute atomic E-state index is 10.4. The molecule has 0 saturated carbocycles. The molecule has 1 rings (SSSR count). The predicted molar refractivity (Wildman–Crippen MR) is 59.6 cm³/mol. The van der Waals surface area contributed by atoms with Gasteiger partial charge in [0.15, 0.2) is 0 Å². The maximum atomic E-state index is 10.4. The van der Waals surface area contributed by atoms with Gasteiger partial charge < -0.3 is 10.8 Å². The van der Waals surface area contributed by atoms with Crippen molar-refractivity contribution in [1.29, 1.82) is 0 Å². The molecule has 0 aliphatic carbocycles. The summed E-state index contributed by atoms with van der Waals surface area (Å²) in [6, 6.07) is 1.20. The van der Waals surface area contributed by atoms with Crippen molar-refractivity contribution in [3.63, 3.8) is 0 Å². The summed E-state index contributed by atoms with van der Waals surface area (Å²) in [5, 5.41) is 12.8. The lowest BCUT2D eigenvalue weighted by molar-refractivity contribution is -0.138. The van der Waals surface area contributed by atoms with E-state index in [0.29, 0.717) is 6.42 Å². The lowest BCUT2D eigenvalue weighted by atomic mass is 10.2. The number of aryl methyl sites for hydroxylation is 1. The van der Waals surface area contributed by atoms with Crippen molar-refractivity contribution in [1.82, 2.24) is 9.78 Å². The Morgan fingerprint density at radius 1 is 1.80 bits per heavy atom. The molecule has 5 nitrogen and oxygen atoms in total. The average Bonchev–Trinajstić information content (AvgIpc) is 2.58. The highest BCUT2D eigenvalue weighted by molar-refractivity contribution is 7.98. The van der Waals surface area contributed by atoms with Crippen LogP contribution in [0.3, 0.4) is 0 Å². The van der Waals surface area contributed by atoms with Crippen LogP contribution in [0, 0.1) is 0 Å². The van der Waals surface area contributed by atoms with Crippen LogP contribution in [0.2, 0.25) is 0 Å². The summed E-state index contributed by atoms with van der Waals surface area (Å²) in [5.41, 5.74) is 6.37. The summed E-state index contributed by atoms with van der Waals surface area (Å²) in [5.74, 6) is 0.602. The molecular formula is C9H15N3O2S. The summed E-state index contributed by atoms with van der Waals surface area (Å²) in [4.78, 5) is 10.4. The second kappa shape index (κ2) is 5.77. The number of aromatic nitrogens is 2. The van der Waals surface area contributed by atoms with E-state index in [1.54, 1.807) is 16.4 Å². The third kappa shape index (κ3) is 4.35. The van der Waals surface area contributed by atoms with E-state index in [2.05, 4.69) is 5.10 Å². The molecule has 0 aliphatic heterocycles. The average molecular weight is 229 g/mol. The third-order valence-corrected chi connectivity index (χ3v) is 2.93. The van der Waals surface area contributed by atoms with Crippen molar-refractivity contribution in [2.24, 2.45) is 12.8 Å². The first-order valence-corrected chi connectivity index (χ1v) is 5.79. The molecule has 0 aromatic carbocycles. The Labute approximate surface area is 92.6 Å². The lowest BCUT2D eigenvalue weighted by Crippen LogP contribution is -2.30. The van der Waals surface area contributed by atoms with Crippen molar-refractivity contribution in [3.05, 3.63) is 18.0 Å². The number of carboxylic acids is 1. The second-order valence-corrected chi connectivity index (χ2v) is 4.37. The van der Waals surface area contributed by atoms with Gasteiger partial charge in [0.2, 0.25) is 0 Å². The van der Waals surface area contributed by atoms with E-state index in [1.165, 1.54) is 0 Å². The molecule has 6 heteroatoms. The Bertz CT molecular complexity index is 327. The molecule has 1 atom stereocenters. The molecular weight excluding hydrogens is 214 g/mol. The zero-order valence-electron chi connectivity index (χ0n) is 8.59. The van der Waals surface area contributed by atoms with E-state index in [-0.39, 0.29) is 0 Å². The van der Waals surface area contributed by atoms with Crippen molar-refractivity contribution >= 4 is 17.7 Å². The topological polar surface area (TPSA) is 81.1 Å². The minimum absolute atomic E-state index is 0.493. The van der Waals surface area contributed by atoms with Gasteiger partial charge in [-0.05, 0) is 18.2 Å². The highest BCUT2D eigenvalue weighted by Gasteiger charge is 2.10. The molecule has 1 aromatic rings. The first kappa shape index (κ1) is 12.1. The fourth-order valence-corrected chi connectivity index (χ4v) is 1.98. The van der Waals surface area contributed by atoms with E-state index in [4.69, 9.17) is 10.8 Å². The number of nitrogens with zero attached hydrogens (tertiary/aromatic N) is 2. The molecule has 1 unspecified atom stereocenters. The molecule has 0 radical (unpaired) electrons. The van der Waals surface area contributed by atoms with E-state index >= 15 is 0 Å². The van der Waals surface area contributed by atoms with E-state index in [1.807, 2.05) is 19.3 Å². The van der Waals surface area contributed by atoms with Gasteiger partial charge in [-0.1, -0.05) is 0 Å². The molecule has 0 fully saturated rings. The maximum Gasteiger partial charge on any atom is 0.320 e. The van der Waals surface area contributed by atoms with Gasteiger partial charge in [0.25, 0.3) is 0 Å². The van der Waals surface area contributed by atoms with E-state index < -0.39 is 12.0 Å². The fourth-order valence-electron chi connectivity index (χ4n) is 1.05. The van der Waals surface area contributed by atoms with Crippen molar-refractivity contribution < 1.29 is 9.90 Å². The van der Waals surface area contributed by atoms with Crippen molar-refractivity contribution in [2.45, 2.75) is 18.2 Å². The van der Waals surface area contributed by atoms with Crippen LogP contribution in [0.15, 0.2) is 12.3 Å². The zero-order chi connectivity index (χ0) is 11.3. The van der Waals surface area contributed by atoms with E-state index in [0.717, 1.165) is 17.2 Å². The van der Waals surface area contributed by atoms with Crippen LogP contribution in [0.4, 0.5) is 0 Å². The number of aliphatic carboxylic acids is 1. The number of hydrogen-bond donors (Lipinski definition) is 2. The van der Waals surface area contributed by atoms with Gasteiger partial charge in [0.1, 0.15) is 6.04 Å². The van der Waals surface area contributed by atoms with Crippen LogP contribution in [-0.4, -0.2) is 32.7 Å². The number of rotatable bonds is 6. The Kier molecular flexibility index (Phi) is 4.64. The molecule has 0 saturated heterocycles. The normalized spacial score (nSPS) is 12.7. The van der Waals surface area contributed by atoms with Crippen molar-refractivity contribution in [3.8, 4) is 0 Å². The minimum Gasteiger partial charge on any atom is -0.480 e. The van der Waals surface area contributed by atoms with Gasteiger partial charge >= 0.3 is 5.97 Å². The molecule has 84 valence electrons. The lowest BCUT2D eigenvalue weighted by Gasteiger charge is -2.04. The number of thioether (sulfide) groups is 1. The van der Waals surface area contributed by atoms with Crippen molar-refractivity contribution in [2.75, 3.05) is 5.75 Å². The standard InChI is InChI=1S/C9H15N3O2S/c1-12-4-2-7(11-12)6-15-5-3-8(10)9(13)14/h2,4,8H,3,5-6,10H2,1H3,(H,13,14). The molecule has 0 spiro atoms. The number of hydrogen-bond acceptors (Lipinski definition) is 4. The van der Waals surface area contributed by atoms with Gasteiger partial charge in [-0.25, -0.2) is 0 Å².